The van der Waals surface area contributed by atoms with Crippen molar-refractivity contribution in [2.24, 2.45) is 16.8 Å². The van der Waals surface area contributed by atoms with Crippen molar-refractivity contribution in [1.29, 1.82) is 0 Å². The molecular formula is C22H25F2N7O2. The Kier molecular flexibility index (Phi) is 6.12. The fourth-order valence-electron chi connectivity index (χ4n) is 4.28. The maximum atomic E-state index is 15.0. The van der Waals surface area contributed by atoms with E-state index in [-0.39, 0.29) is 46.2 Å². The molecular weight excluding hydrogens is 432 g/mol. The number of nitrogens with one attached hydrogen (secondary N) is 1. The molecule has 0 atom stereocenters. The second-order valence-electron chi connectivity index (χ2n) is 8.35. The molecule has 9 nitrogen and oxygen atoms in total. The Morgan fingerprint density at radius 2 is 1.94 bits per heavy atom. The van der Waals surface area contributed by atoms with Crippen LogP contribution >= 0.6 is 0 Å². The highest BCUT2D eigenvalue weighted by Crippen LogP contribution is 2.36. The molecule has 0 spiro atoms. The lowest BCUT2D eigenvalue weighted by atomic mass is 9.85. The van der Waals surface area contributed by atoms with Gasteiger partial charge in [-0.05, 0) is 43.9 Å². The van der Waals surface area contributed by atoms with Crippen molar-refractivity contribution in [3.63, 3.8) is 0 Å². The molecule has 33 heavy (non-hydrogen) atoms. The van der Waals surface area contributed by atoms with Gasteiger partial charge in [0.15, 0.2) is 5.82 Å². The van der Waals surface area contributed by atoms with E-state index < -0.39 is 11.6 Å². The van der Waals surface area contributed by atoms with E-state index in [0.717, 1.165) is 6.07 Å². The maximum Gasteiger partial charge on any atom is 0.253 e. The van der Waals surface area contributed by atoms with Gasteiger partial charge in [-0.1, -0.05) is 5.16 Å². The van der Waals surface area contributed by atoms with Gasteiger partial charge in [-0.15, -0.1) is 0 Å². The number of fused-ring (bicyclic) bond motifs is 1. The van der Waals surface area contributed by atoms with Crippen molar-refractivity contribution >= 4 is 34.3 Å². The van der Waals surface area contributed by atoms with E-state index in [1.54, 1.807) is 18.7 Å². The summed E-state index contributed by atoms with van der Waals surface area (Å²) in [6.07, 6.45) is 5.53. The summed E-state index contributed by atoms with van der Waals surface area (Å²) < 4.78 is 31.4. The second kappa shape index (κ2) is 9.00. The number of nitrogens with zero attached hydrogens (tertiary/aromatic N) is 5. The van der Waals surface area contributed by atoms with Crippen LogP contribution in [-0.4, -0.2) is 50.5 Å². The molecule has 11 heteroatoms. The number of carbonyl (C=O) groups is 1. The predicted octanol–water partition coefficient (Wildman–Crippen LogP) is 3.63. The summed E-state index contributed by atoms with van der Waals surface area (Å²) in [7, 11) is 3.16. The van der Waals surface area contributed by atoms with Gasteiger partial charge in [-0.2, -0.15) is 0 Å². The first-order chi connectivity index (χ1) is 15.8. The van der Waals surface area contributed by atoms with Gasteiger partial charge in [-0.3, -0.25) is 4.79 Å². The minimum atomic E-state index is -0.657. The first-order valence-electron chi connectivity index (χ1n) is 10.6. The van der Waals surface area contributed by atoms with Gasteiger partial charge < -0.3 is 25.7 Å². The lowest BCUT2D eigenvalue weighted by Gasteiger charge is -2.28. The van der Waals surface area contributed by atoms with E-state index in [2.05, 4.69) is 20.4 Å². The number of aromatic nitrogens is 3. The Labute approximate surface area is 188 Å². The second-order valence-corrected chi connectivity index (χ2v) is 8.35. The molecule has 2 heterocycles. The molecule has 1 fully saturated rings. The standard InChI is InChI=1S/C22H25F2N7O2/c1-30(2)22(32)13-5-8-17(15(23)9-13)28-20-18-16(24)10-31(21(18)27-11-26-20)14-6-3-12(4-7-14)19(25)29-33/h5,8-12,14,33H,3-4,6-7H2,1-2H3,(H2,25,29)(H,26,27,28). The number of rotatable bonds is 5. The van der Waals surface area contributed by atoms with Crippen LogP contribution in [0.3, 0.4) is 0 Å². The van der Waals surface area contributed by atoms with Crippen molar-refractivity contribution in [2.75, 3.05) is 19.4 Å². The molecule has 0 bridgehead atoms. The number of nitrogens with two attached hydrogens (primary N) is 1. The summed E-state index contributed by atoms with van der Waals surface area (Å²) in [5, 5.41) is 15.0. The molecule has 0 unspecified atom stereocenters. The molecule has 0 radical (unpaired) electrons. The molecule has 4 rings (SSSR count). The van der Waals surface area contributed by atoms with Crippen LogP contribution in [0.5, 0.6) is 0 Å². The van der Waals surface area contributed by atoms with Crippen molar-refractivity contribution in [3.8, 4) is 0 Å². The Balaban J connectivity index is 1.61. The van der Waals surface area contributed by atoms with E-state index in [9.17, 15) is 13.6 Å². The summed E-state index contributed by atoms with van der Waals surface area (Å²) in [5.41, 5.74) is 6.40. The van der Waals surface area contributed by atoms with E-state index in [1.807, 2.05) is 0 Å². The third-order valence-corrected chi connectivity index (χ3v) is 6.06. The summed E-state index contributed by atoms with van der Waals surface area (Å²) in [6.45, 7) is 0. The van der Waals surface area contributed by atoms with Crippen molar-refractivity contribution in [2.45, 2.75) is 31.7 Å². The van der Waals surface area contributed by atoms with Crippen LogP contribution in [0, 0.1) is 17.6 Å². The van der Waals surface area contributed by atoms with Crippen LogP contribution < -0.4 is 11.1 Å². The molecule has 0 aliphatic heterocycles. The average molecular weight is 457 g/mol. The summed E-state index contributed by atoms with van der Waals surface area (Å²) >= 11 is 0. The van der Waals surface area contributed by atoms with Gasteiger partial charge in [0.25, 0.3) is 5.91 Å². The SMILES string of the molecule is CN(C)C(=O)c1ccc(Nc2ncnc3c2c(F)cn3C2CCC(/C(N)=N/O)CC2)c(F)c1. The third-order valence-electron chi connectivity index (χ3n) is 6.06. The topological polar surface area (TPSA) is 122 Å². The molecule has 174 valence electrons. The molecule has 1 saturated carbocycles. The number of halogens is 2. The third kappa shape index (κ3) is 4.30. The highest BCUT2D eigenvalue weighted by Gasteiger charge is 2.27. The zero-order chi connectivity index (χ0) is 23.7. The molecule has 3 aromatic rings. The molecule has 1 amide bonds. The van der Waals surface area contributed by atoms with Crippen molar-refractivity contribution < 1.29 is 18.8 Å². The van der Waals surface area contributed by atoms with E-state index in [0.29, 0.717) is 31.3 Å². The van der Waals surface area contributed by atoms with Gasteiger partial charge in [0.1, 0.15) is 29.4 Å². The van der Waals surface area contributed by atoms with Crippen LogP contribution in [0.2, 0.25) is 0 Å². The van der Waals surface area contributed by atoms with Crippen LogP contribution in [-0.2, 0) is 0 Å². The number of amidine groups is 1. The van der Waals surface area contributed by atoms with Crippen LogP contribution in [0.25, 0.3) is 11.0 Å². The minimum absolute atomic E-state index is 0.00411. The molecule has 1 aromatic carbocycles. The van der Waals surface area contributed by atoms with Crippen molar-refractivity contribution in [1.82, 2.24) is 19.4 Å². The fourth-order valence-corrected chi connectivity index (χ4v) is 4.28. The number of benzene rings is 1. The smallest absolute Gasteiger partial charge is 0.253 e. The number of anilines is 2. The van der Waals surface area contributed by atoms with Gasteiger partial charge in [-0.25, -0.2) is 18.7 Å². The normalized spacial score (nSPS) is 19.0. The Morgan fingerprint density at radius 3 is 2.58 bits per heavy atom. The zero-order valence-electron chi connectivity index (χ0n) is 18.3. The lowest BCUT2D eigenvalue weighted by Crippen LogP contribution is -2.28. The highest BCUT2D eigenvalue weighted by molar-refractivity contribution is 5.95. The van der Waals surface area contributed by atoms with Gasteiger partial charge in [0.2, 0.25) is 0 Å². The monoisotopic (exact) mass is 457 g/mol. The first kappa shape index (κ1) is 22.4. The predicted molar refractivity (Wildman–Crippen MR) is 120 cm³/mol. The number of carbonyl (C=O) groups excluding carboxylic acids is 1. The minimum Gasteiger partial charge on any atom is -0.409 e. The molecule has 1 aliphatic carbocycles. The van der Waals surface area contributed by atoms with Gasteiger partial charge >= 0.3 is 0 Å². The number of hydrogen-bond acceptors (Lipinski definition) is 6. The quantitative estimate of drug-likeness (QED) is 0.233. The average Bonchev–Trinajstić information content (AvgIpc) is 3.16. The number of hydrogen-bond donors (Lipinski definition) is 3. The summed E-state index contributed by atoms with van der Waals surface area (Å²) in [6, 6.07) is 4.04. The van der Waals surface area contributed by atoms with E-state index in [1.165, 1.54) is 29.6 Å². The van der Waals surface area contributed by atoms with Crippen molar-refractivity contribution in [3.05, 3.63) is 47.9 Å². The molecule has 0 saturated heterocycles. The largest absolute Gasteiger partial charge is 0.409 e. The maximum absolute atomic E-state index is 15.0. The zero-order valence-corrected chi connectivity index (χ0v) is 18.3. The first-order valence-corrected chi connectivity index (χ1v) is 10.6. The Bertz CT molecular complexity index is 1220. The highest BCUT2D eigenvalue weighted by atomic mass is 19.1. The van der Waals surface area contributed by atoms with Crippen LogP contribution in [0.15, 0.2) is 35.9 Å². The molecule has 4 N–H and O–H groups in total. The van der Waals surface area contributed by atoms with Crippen LogP contribution in [0.1, 0.15) is 42.1 Å². The summed E-state index contributed by atoms with van der Waals surface area (Å²) in [4.78, 5) is 21.8. The summed E-state index contributed by atoms with van der Waals surface area (Å²) in [5.74, 6) is -1.16. The van der Waals surface area contributed by atoms with Crippen LogP contribution in [0.4, 0.5) is 20.3 Å². The van der Waals surface area contributed by atoms with Gasteiger partial charge in [0, 0.05) is 37.8 Å². The lowest BCUT2D eigenvalue weighted by molar-refractivity contribution is 0.0827. The number of amides is 1. The molecule has 2 aromatic heterocycles. The fraction of sp³-hybridized carbons (Fsp3) is 0.364. The Hall–Kier alpha value is -3.76. The van der Waals surface area contributed by atoms with E-state index >= 15 is 0 Å². The number of oxime groups is 1. The molecule has 1 aliphatic rings. The van der Waals surface area contributed by atoms with Gasteiger partial charge in [0.05, 0.1) is 11.1 Å². The Morgan fingerprint density at radius 1 is 1.21 bits per heavy atom. The van der Waals surface area contributed by atoms with E-state index in [4.69, 9.17) is 10.9 Å².